The van der Waals surface area contributed by atoms with Gasteiger partial charge in [0.2, 0.25) is 5.75 Å². The molecule has 39 heavy (non-hydrogen) atoms. The van der Waals surface area contributed by atoms with Crippen molar-refractivity contribution in [2.45, 2.75) is 33.4 Å². The smallest absolute Gasteiger partial charge is 0.316 e. The zero-order chi connectivity index (χ0) is 27.2. The summed E-state index contributed by atoms with van der Waals surface area (Å²) in [6.07, 6.45) is 4.42. The first-order valence-electron chi connectivity index (χ1n) is 13.5. The highest BCUT2D eigenvalue weighted by atomic mass is 16.5. The van der Waals surface area contributed by atoms with Crippen LogP contribution in [0.2, 0.25) is 0 Å². The number of hydrogen-bond acceptors (Lipinski definition) is 7. The van der Waals surface area contributed by atoms with E-state index in [-0.39, 0.29) is 5.56 Å². The van der Waals surface area contributed by atoms with E-state index in [0.717, 1.165) is 56.3 Å². The molecule has 0 unspecified atom stereocenters. The average Bonchev–Trinajstić information content (AvgIpc) is 3.33. The van der Waals surface area contributed by atoms with Gasteiger partial charge in [-0.3, -0.25) is 14.4 Å². The van der Waals surface area contributed by atoms with Gasteiger partial charge in [0, 0.05) is 56.9 Å². The molecule has 0 spiro atoms. The third-order valence-corrected chi connectivity index (χ3v) is 7.32. The molecule has 1 fully saturated rings. The van der Waals surface area contributed by atoms with Crippen LogP contribution in [0.1, 0.15) is 23.7 Å². The molecule has 1 saturated heterocycles. The van der Waals surface area contributed by atoms with Gasteiger partial charge in [0.1, 0.15) is 11.4 Å². The van der Waals surface area contributed by atoms with Crippen LogP contribution in [0.25, 0.3) is 5.69 Å². The van der Waals surface area contributed by atoms with Gasteiger partial charge in [0.05, 0.1) is 31.8 Å². The van der Waals surface area contributed by atoms with Crippen LogP contribution in [0.3, 0.4) is 0 Å². The van der Waals surface area contributed by atoms with E-state index in [1.54, 1.807) is 13.3 Å². The zero-order valence-electron chi connectivity index (χ0n) is 22.9. The van der Waals surface area contributed by atoms with E-state index < -0.39 is 0 Å². The van der Waals surface area contributed by atoms with Crippen LogP contribution < -0.4 is 19.9 Å². The Kier molecular flexibility index (Phi) is 8.27. The summed E-state index contributed by atoms with van der Waals surface area (Å²) in [5, 5.41) is 9.01. The summed E-state index contributed by atoms with van der Waals surface area (Å²) in [6.45, 7) is 9.70. The fourth-order valence-electron chi connectivity index (χ4n) is 4.95. The second kappa shape index (κ2) is 12.2. The van der Waals surface area contributed by atoms with Crippen molar-refractivity contribution >= 4 is 5.69 Å². The Balaban J connectivity index is 1.32. The van der Waals surface area contributed by atoms with Crippen LogP contribution >= 0.6 is 0 Å². The van der Waals surface area contributed by atoms with E-state index in [0.29, 0.717) is 24.5 Å². The Labute approximate surface area is 229 Å². The summed E-state index contributed by atoms with van der Waals surface area (Å²) < 4.78 is 14.9. The zero-order valence-corrected chi connectivity index (χ0v) is 22.9. The van der Waals surface area contributed by atoms with Crippen LogP contribution in [0, 0.1) is 6.92 Å². The number of hydrogen-bond donors (Lipinski definition) is 0. The van der Waals surface area contributed by atoms with E-state index in [1.807, 2.05) is 65.5 Å². The highest BCUT2D eigenvalue weighted by Crippen LogP contribution is 2.26. The molecule has 9 nitrogen and oxygen atoms in total. The van der Waals surface area contributed by atoms with Gasteiger partial charge in [-0.2, -0.15) is 14.9 Å². The molecule has 4 aromatic rings. The Morgan fingerprint density at radius 3 is 2.33 bits per heavy atom. The molecule has 0 aliphatic carbocycles. The van der Waals surface area contributed by atoms with Crippen LogP contribution in [0.15, 0.2) is 71.8 Å². The van der Waals surface area contributed by atoms with E-state index in [9.17, 15) is 4.79 Å². The molecule has 2 aromatic carbocycles. The fraction of sp³-hybridized carbons (Fsp3) is 0.367. The van der Waals surface area contributed by atoms with Gasteiger partial charge < -0.3 is 14.4 Å². The maximum absolute atomic E-state index is 13.6. The number of ether oxygens (including phenoxy) is 2. The van der Waals surface area contributed by atoms with Crippen LogP contribution in [-0.4, -0.2) is 64.4 Å². The lowest BCUT2D eigenvalue weighted by Gasteiger charge is -2.36. The second-order valence-electron chi connectivity index (χ2n) is 9.69. The topological polar surface area (TPSA) is 77.7 Å². The van der Waals surface area contributed by atoms with E-state index >= 15 is 0 Å². The molecule has 0 atom stereocenters. The number of aromatic nitrogens is 4. The maximum atomic E-state index is 13.6. The first-order chi connectivity index (χ1) is 19.1. The average molecular weight is 529 g/mol. The minimum absolute atomic E-state index is 0.251. The molecule has 5 rings (SSSR count). The molecule has 0 N–H and O–H groups in total. The van der Waals surface area contributed by atoms with Crippen molar-refractivity contribution in [2.75, 3.05) is 44.8 Å². The molecule has 2 aromatic heterocycles. The lowest BCUT2D eigenvalue weighted by Crippen LogP contribution is -2.46. The number of benzene rings is 2. The predicted molar refractivity (Wildman–Crippen MR) is 152 cm³/mol. The van der Waals surface area contributed by atoms with Gasteiger partial charge >= 0.3 is 5.56 Å². The lowest BCUT2D eigenvalue weighted by molar-refractivity contribution is 0.247. The Morgan fingerprint density at radius 2 is 1.67 bits per heavy atom. The molecule has 3 heterocycles. The van der Waals surface area contributed by atoms with Gasteiger partial charge in [0.15, 0.2) is 0 Å². The number of nitrogens with zero attached hydrogens (tertiary/aromatic N) is 6. The number of methoxy groups -OCH3 is 1. The highest BCUT2D eigenvalue weighted by molar-refractivity contribution is 5.57. The minimum atomic E-state index is -0.251. The fourth-order valence-corrected chi connectivity index (χ4v) is 4.95. The van der Waals surface area contributed by atoms with Crippen LogP contribution in [0.4, 0.5) is 5.69 Å². The monoisotopic (exact) mass is 528 g/mol. The van der Waals surface area contributed by atoms with Crippen molar-refractivity contribution in [1.82, 2.24) is 24.5 Å². The van der Waals surface area contributed by atoms with Crippen molar-refractivity contribution in [1.29, 1.82) is 0 Å². The Bertz CT molecular complexity index is 1420. The molecule has 0 saturated carbocycles. The molecule has 9 heteroatoms. The van der Waals surface area contributed by atoms with E-state index in [2.05, 4.69) is 33.8 Å². The number of rotatable bonds is 10. The van der Waals surface area contributed by atoms with Crippen molar-refractivity contribution in [2.24, 2.45) is 0 Å². The minimum Gasteiger partial charge on any atom is -0.497 e. The lowest BCUT2D eigenvalue weighted by atomic mass is 10.1. The van der Waals surface area contributed by atoms with Gasteiger partial charge in [-0.1, -0.05) is 30.3 Å². The largest absolute Gasteiger partial charge is 0.497 e. The normalized spacial score (nSPS) is 14.0. The third-order valence-electron chi connectivity index (χ3n) is 7.32. The van der Waals surface area contributed by atoms with Crippen molar-refractivity contribution in [3.63, 3.8) is 0 Å². The molecule has 1 aliphatic heterocycles. The summed E-state index contributed by atoms with van der Waals surface area (Å²) in [7, 11) is 1.65. The maximum Gasteiger partial charge on any atom is 0.316 e. The van der Waals surface area contributed by atoms with Crippen LogP contribution in [-0.2, 0) is 19.5 Å². The summed E-state index contributed by atoms with van der Waals surface area (Å²) in [6, 6.07) is 17.4. The van der Waals surface area contributed by atoms with Crippen molar-refractivity contribution < 1.29 is 9.47 Å². The van der Waals surface area contributed by atoms with Gasteiger partial charge in [-0.05, 0) is 43.7 Å². The van der Waals surface area contributed by atoms with E-state index in [4.69, 9.17) is 9.47 Å². The quantitative estimate of drug-likeness (QED) is 0.311. The van der Waals surface area contributed by atoms with Gasteiger partial charge in [-0.25, -0.2) is 0 Å². The first-order valence-corrected chi connectivity index (χ1v) is 13.5. The standard InChI is InChI=1S/C30H36N6O3/c1-4-35-23(2)25(20-31-35)22-33-15-17-34(18-16-33)28-21-32-36(26-8-6-5-7-9-26)30(37)29(28)39-19-14-24-10-12-27(38-3)13-11-24/h5-13,20-21H,4,14-19,22H2,1-3H3. The van der Waals surface area contributed by atoms with Crippen molar-refractivity contribution in [3.05, 3.63) is 94.2 Å². The summed E-state index contributed by atoms with van der Waals surface area (Å²) in [5.41, 5.74) is 4.81. The Hall–Kier alpha value is -4.11. The summed E-state index contributed by atoms with van der Waals surface area (Å²) >= 11 is 0. The predicted octanol–water partition coefficient (Wildman–Crippen LogP) is 3.71. The van der Waals surface area contributed by atoms with Gasteiger partial charge in [0.25, 0.3) is 0 Å². The number of para-hydroxylation sites is 1. The SMILES string of the molecule is CCn1ncc(CN2CCN(c3cnn(-c4ccccc4)c(=O)c3OCCc3ccc(OC)cc3)CC2)c1C. The number of anilines is 1. The summed E-state index contributed by atoms with van der Waals surface area (Å²) in [4.78, 5) is 18.3. The molecular weight excluding hydrogens is 492 g/mol. The number of piperazine rings is 1. The molecular formula is C30H36N6O3. The molecule has 0 bridgehead atoms. The van der Waals surface area contributed by atoms with Crippen molar-refractivity contribution in [3.8, 4) is 17.2 Å². The Morgan fingerprint density at radius 1 is 0.923 bits per heavy atom. The van der Waals surface area contributed by atoms with Gasteiger partial charge in [-0.15, -0.1) is 0 Å². The summed E-state index contributed by atoms with van der Waals surface area (Å²) in [5.74, 6) is 1.16. The van der Waals surface area contributed by atoms with E-state index in [1.165, 1.54) is 15.9 Å². The molecule has 0 amide bonds. The third kappa shape index (κ3) is 5.98. The molecule has 204 valence electrons. The van der Waals surface area contributed by atoms with Crippen LogP contribution in [0.5, 0.6) is 11.5 Å². The molecule has 1 aliphatic rings. The second-order valence-corrected chi connectivity index (χ2v) is 9.69. The number of aryl methyl sites for hydroxylation is 1. The molecule has 0 radical (unpaired) electrons. The first kappa shape index (κ1) is 26.5. The highest BCUT2D eigenvalue weighted by Gasteiger charge is 2.24.